The summed E-state index contributed by atoms with van der Waals surface area (Å²) in [6.07, 6.45) is 1.27. The molecule has 0 spiro atoms. The van der Waals surface area contributed by atoms with Gasteiger partial charge in [-0.15, -0.1) is 0 Å². The summed E-state index contributed by atoms with van der Waals surface area (Å²) in [5, 5.41) is 13.0. The number of anilines is 2. The number of rotatable bonds is 4. The standard InChI is InChI=1S/C15H19ClN2O3/c1-2-18(8-9-4-3-5-21-9)13-7-12-10(6-11(13)16)14(19)15(20)17-12/h6-7,9,14,19H,2-5,8H2,1H3,(H,17,20). The van der Waals surface area contributed by atoms with Crippen LogP contribution in [0.15, 0.2) is 12.1 Å². The van der Waals surface area contributed by atoms with Crippen molar-refractivity contribution < 1.29 is 14.6 Å². The van der Waals surface area contributed by atoms with Crippen LogP contribution < -0.4 is 10.2 Å². The van der Waals surface area contributed by atoms with Gasteiger partial charge in [-0.25, -0.2) is 0 Å². The first-order chi connectivity index (χ1) is 10.1. The molecule has 1 saturated heterocycles. The molecule has 2 aliphatic rings. The van der Waals surface area contributed by atoms with Crippen LogP contribution in [-0.2, 0) is 9.53 Å². The van der Waals surface area contributed by atoms with Gasteiger partial charge in [0.1, 0.15) is 0 Å². The summed E-state index contributed by atoms with van der Waals surface area (Å²) < 4.78 is 5.68. The number of hydrogen-bond donors (Lipinski definition) is 2. The number of halogens is 1. The topological polar surface area (TPSA) is 61.8 Å². The van der Waals surface area contributed by atoms with Crippen LogP contribution in [-0.4, -0.2) is 36.8 Å². The second-order valence-corrected chi connectivity index (χ2v) is 5.86. The molecule has 2 aliphatic heterocycles. The van der Waals surface area contributed by atoms with Gasteiger partial charge in [0.25, 0.3) is 5.91 Å². The van der Waals surface area contributed by atoms with Crippen LogP contribution in [0.1, 0.15) is 31.4 Å². The number of aliphatic hydroxyl groups excluding tert-OH is 1. The molecule has 1 aromatic rings. The quantitative estimate of drug-likeness (QED) is 0.896. The van der Waals surface area contributed by atoms with Crippen LogP contribution in [0.2, 0.25) is 5.02 Å². The van der Waals surface area contributed by atoms with Crippen LogP contribution in [0.4, 0.5) is 11.4 Å². The number of nitrogens with zero attached hydrogens (tertiary/aromatic N) is 1. The van der Waals surface area contributed by atoms with Crippen LogP contribution in [0, 0.1) is 0 Å². The highest BCUT2D eigenvalue weighted by atomic mass is 35.5. The van der Waals surface area contributed by atoms with Crippen molar-refractivity contribution >= 4 is 28.9 Å². The molecule has 1 aromatic carbocycles. The molecule has 2 heterocycles. The van der Waals surface area contributed by atoms with Crippen molar-refractivity contribution in [3.05, 3.63) is 22.7 Å². The maximum atomic E-state index is 11.5. The molecular weight excluding hydrogens is 292 g/mol. The second-order valence-electron chi connectivity index (χ2n) is 5.46. The molecule has 2 unspecified atom stereocenters. The van der Waals surface area contributed by atoms with Gasteiger partial charge in [0.05, 0.1) is 16.8 Å². The summed E-state index contributed by atoms with van der Waals surface area (Å²) in [4.78, 5) is 13.7. The van der Waals surface area contributed by atoms with Crippen molar-refractivity contribution in [2.24, 2.45) is 0 Å². The Morgan fingerprint density at radius 3 is 3.00 bits per heavy atom. The second kappa shape index (κ2) is 5.83. The van der Waals surface area contributed by atoms with Gasteiger partial charge >= 0.3 is 0 Å². The maximum absolute atomic E-state index is 11.5. The molecule has 0 aromatic heterocycles. The lowest BCUT2D eigenvalue weighted by Crippen LogP contribution is -2.32. The number of benzene rings is 1. The van der Waals surface area contributed by atoms with Crippen molar-refractivity contribution in [3.8, 4) is 0 Å². The van der Waals surface area contributed by atoms with Crippen molar-refractivity contribution in [2.75, 3.05) is 29.9 Å². The minimum absolute atomic E-state index is 0.231. The number of likely N-dealkylation sites (N-methyl/N-ethyl adjacent to an activating group) is 1. The predicted molar refractivity (Wildman–Crippen MR) is 81.9 cm³/mol. The summed E-state index contributed by atoms with van der Waals surface area (Å²) in [6, 6.07) is 3.51. The van der Waals surface area contributed by atoms with Crippen molar-refractivity contribution in [3.63, 3.8) is 0 Å². The highest BCUT2D eigenvalue weighted by Crippen LogP contribution is 2.39. The summed E-state index contributed by atoms with van der Waals surface area (Å²) in [7, 11) is 0. The van der Waals surface area contributed by atoms with Crippen LogP contribution >= 0.6 is 11.6 Å². The molecule has 2 atom stereocenters. The largest absolute Gasteiger partial charge is 0.378 e. The maximum Gasteiger partial charge on any atom is 0.257 e. The van der Waals surface area contributed by atoms with Crippen molar-refractivity contribution in [2.45, 2.75) is 32.0 Å². The highest BCUT2D eigenvalue weighted by molar-refractivity contribution is 6.33. The molecule has 0 bridgehead atoms. The van der Waals surface area contributed by atoms with Gasteiger partial charge in [-0.1, -0.05) is 11.6 Å². The number of fused-ring (bicyclic) bond motifs is 1. The number of nitrogens with one attached hydrogen (secondary N) is 1. The number of aliphatic hydroxyl groups is 1. The molecule has 3 rings (SSSR count). The summed E-state index contributed by atoms with van der Waals surface area (Å²) in [5.41, 5.74) is 2.04. The van der Waals surface area contributed by atoms with E-state index < -0.39 is 12.0 Å². The minimum Gasteiger partial charge on any atom is -0.378 e. The first-order valence-electron chi connectivity index (χ1n) is 7.29. The lowest BCUT2D eigenvalue weighted by atomic mass is 10.1. The van der Waals surface area contributed by atoms with Crippen LogP contribution in [0.25, 0.3) is 0 Å². The van der Waals surface area contributed by atoms with E-state index in [1.54, 1.807) is 6.07 Å². The van der Waals surface area contributed by atoms with Gasteiger partial charge in [-0.3, -0.25) is 4.79 Å². The number of ether oxygens (including phenoxy) is 1. The van der Waals surface area contributed by atoms with E-state index in [0.717, 1.165) is 38.2 Å². The van der Waals surface area contributed by atoms with Gasteiger partial charge in [0, 0.05) is 30.9 Å². The van der Waals surface area contributed by atoms with E-state index in [2.05, 4.69) is 17.1 Å². The molecule has 2 N–H and O–H groups in total. The van der Waals surface area contributed by atoms with Gasteiger partial charge in [0.2, 0.25) is 0 Å². The molecule has 21 heavy (non-hydrogen) atoms. The third-order valence-electron chi connectivity index (χ3n) is 4.09. The zero-order chi connectivity index (χ0) is 15.0. The van der Waals surface area contributed by atoms with E-state index >= 15 is 0 Å². The van der Waals surface area contributed by atoms with Gasteiger partial charge < -0.3 is 20.1 Å². The average Bonchev–Trinajstić information content (AvgIpc) is 3.06. The predicted octanol–water partition coefficient (Wildman–Crippen LogP) is 2.33. The Bertz CT molecular complexity index is 558. The molecule has 0 saturated carbocycles. The molecule has 1 fully saturated rings. The van der Waals surface area contributed by atoms with Gasteiger partial charge in [0.15, 0.2) is 6.10 Å². The Morgan fingerprint density at radius 2 is 2.33 bits per heavy atom. The Balaban J connectivity index is 1.87. The van der Waals surface area contributed by atoms with Crippen LogP contribution in [0.5, 0.6) is 0 Å². The molecule has 1 amide bonds. The van der Waals surface area contributed by atoms with Gasteiger partial charge in [-0.2, -0.15) is 0 Å². The zero-order valence-corrected chi connectivity index (χ0v) is 12.7. The molecule has 114 valence electrons. The van der Waals surface area contributed by atoms with Crippen molar-refractivity contribution in [1.29, 1.82) is 0 Å². The Labute approximate surface area is 128 Å². The molecule has 0 aliphatic carbocycles. The van der Waals surface area contributed by atoms with Gasteiger partial charge in [-0.05, 0) is 31.9 Å². The average molecular weight is 311 g/mol. The fraction of sp³-hybridized carbons (Fsp3) is 0.533. The SMILES string of the molecule is CCN(CC1CCCO1)c1cc2c(cc1Cl)C(O)C(=O)N2. The minimum atomic E-state index is -1.13. The normalized spacial score (nSPS) is 24.0. The Hall–Kier alpha value is -1.30. The third kappa shape index (κ3) is 2.73. The lowest BCUT2D eigenvalue weighted by molar-refractivity contribution is -0.123. The lowest BCUT2D eigenvalue weighted by Gasteiger charge is -2.27. The van der Waals surface area contributed by atoms with E-state index in [1.165, 1.54) is 0 Å². The molecule has 6 heteroatoms. The monoisotopic (exact) mass is 310 g/mol. The number of carbonyl (C=O) groups is 1. The first-order valence-corrected chi connectivity index (χ1v) is 7.67. The third-order valence-corrected chi connectivity index (χ3v) is 4.39. The first kappa shape index (κ1) is 14.6. The van der Waals surface area contributed by atoms with E-state index in [9.17, 15) is 9.90 Å². The number of hydrogen-bond acceptors (Lipinski definition) is 4. The van der Waals surface area contributed by atoms with E-state index in [1.807, 2.05) is 6.07 Å². The van der Waals surface area contributed by atoms with Crippen LogP contribution in [0.3, 0.4) is 0 Å². The molecule has 5 nitrogen and oxygen atoms in total. The number of amides is 1. The van der Waals surface area contributed by atoms with E-state index in [0.29, 0.717) is 16.3 Å². The Morgan fingerprint density at radius 1 is 1.52 bits per heavy atom. The summed E-state index contributed by atoms with van der Waals surface area (Å²) >= 11 is 6.35. The van der Waals surface area contributed by atoms with E-state index in [-0.39, 0.29) is 6.10 Å². The highest BCUT2D eigenvalue weighted by Gasteiger charge is 2.30. The van der Waals surface area contributed by atoms with E-state index in [4.69, 9.17) is 16.3 Å². The zero-order valence-electron chi connectivity index (χ0n) is 11.9. The molecular formula is C15H19ClN2O3. The van der Waals surface area contributed by atoms with Crippen molar-refractivity contribution in [1.82, 2.24) is 0 Å². The summed E-state index contributed by atoms with van der Waals surface area (Å²) in [5.74, 6) is -0.402. The summed E-state index contributed by atoms with van der Waals surface area (Å²) in [6.45, 7) is 4.47. The Kier molecular flexibility index (Phi) is 4.06. The number of carbonyl (C=O) groups excluding carboxylic acids is 1. The molecule has 0 radical (unpaired) electrons. The fourth-order valence-corrected chi connectivity index (χ4v) is 3.22. The fourth-order valence-electron chi connectivity index (χ4n) is 2.93. The smallest absolute Gasteiger partial charge is 0.257 e.